The van der Waals surface area contributed by atoms with Gasteiger partial charge in [-0.2, -0.15) is 4.31 Å². The highest BCUT2D eigenvalue weighted by molar-refractivity contribution is 7.89. The molecule has 1 aromatic heterocycles. The Hall–Kier alpha value is -3.43. The lowest BCUT2D eigenvalue weighted by Gasteiger charge is -2.23. The van der Waals surface area contributed by atoms with Gasteiger partial charge in [-0.05, 0) is 47.5 Å². The SMILES string of the molecule is O=S(=O)(c1ccc(Cl)cc1)N(Cc1ccco1)C[C@H](O)CON=C1c2ccccc2-c2ccccc21. The molecule has 0 spiro atoms. The largest absolute Gasteiger partial charge is 0.468 e. The molecule has 1 N–H and O–H groups in total. The van der Waals surface area contributed by atoms with Gasteiger partial charge >= 0.3 is 0 Å². The smallest absolute Gasteiger partial charge is 0.243 e. The molecule has 3 aromatic carbocycles. The first-order chi connectivity index (χ1) is 17.4. The van der Waals surface area contributed by atoms with E-state index in [0.29, 0.717) is 16.5 Å². The molecule has 5 rings (SSSR count). The summed E-state index contributed by atoms with van der Waals surface area (Å²) in [5.41, 5.74) is 4.69. The normalized spacial score (nSPS) is 13.4. The minimum atomic E-state index is -3.95. The van der Waals surface area contributed by atoms with Gasteiger partial charge in [0.2, 0.25) is 10.0 Å². The summed E-state index contributed by atoms with van der Waals surface area (Å²) in [7, 11) is -3.95. The summed E-state index contributed by atoms with van der Waals surface area (Å²) >= 11 is 5.92. The average molecular weight is 523 g/mol. The first kappa shape index (κ1) is 24.3. The van der Waals surface area contributed by atoms with E-state index in [9.17, 15) is 13.5 Å². The minimum Gasteiger partial charge on any atom is -0.468 e. The predicted octanol–water partition coefficient (Wildman–Crippen LogP) is 4.93. The maximum atomic E-state index is 13.3. The molecule has 4 aromatic rings. The Balaban J connectivity index is 1.33. The quantitative estimate of drug-likeness (QED) is 0.277. The highest BCUT2D eigenvalue weighted by atomic mass is 35.5. The van der Waals surface area contributed by atoms with Gasteiger partial charge in [-0.15, -0.1) is 0 Å². The van der Waals surface area contributed by atoms with Gasteiger partial charge in [-0.25, -0.2) is 8.42 Å². The maximum absolute atomic E-state index is 13.3. The summed E-state index contributed by atoms with van der Waals surface area (Å²) in [6.45, 7) is -0.466. The molecule has 0 bridgehead atoms. The molecule has 9 heteroatoms. The zero-order valence-electron chi connectivity index (χ0n) is 19.1. The van der Waals surface area contributed by atoms with Crippen LogP contribution in [-0.2, 0) is 21.4 Å². The molecule has 7 nitrogen and oxygen atoms in total. The van der Waals surface area contributed by atoms with E-state index in [1.807, 2.05) is 48.5 Å². The van der Waals surface area contributed by atoms with Crippen molar-refractivity contribution < 1.29 is 22.8 Å². The van der Waals surface area contributed by atoms with E-state index in [0.717, 1.165) is 26.6 Å². The standard InChI is InChI=1S/C27H23ClN2O5S/c28-19-11-13-22(14-12-19)36(32,33)30(17-21-6-5-15-34-21)16-20(31)18-35-29-27-25-9-3-1-7-23(25)24-8-2-4-10-26(24)27/h1-15,20,31H,16-18H2/t20-/m0/s1. The van der Waals surface area contributed by atoms with Gasteiger partial charge in [0.25, 0.3) is 0 Å². The topological polar surface area (TPSA) is 92.3 Å². The van der Waals surface area contributed by atoms with Gasteiger partial charge in [-0.1, -0.05) is 65.3 Å². The number of hydrogen-bond acceptors (Lipinski definition) is 6. The van der Waals surface area contributed by atoms with Crippen molar-refractivity contribution in [1.29, 1.82) is 0 Å². The molecule has 1 atom stereocenters. The second kappa shape index (κ2) is 10.3. The molecule has 0 saturated carbocycles. The van der Waals surface area contributed by atoms with Crippen LogP contribution in [-0.4, -0.2) is 42.8 Å². The number of aliphatic hydroxyl groups is 1. The van der Waals surface area contributed by atoms with Crippen molar-refractivity contribution in [3.8, 4) is 11.1 Å². The van der Waals surface area contributed by atoms with Crippen molar-refractivity contribution in [3.05, 3.63) is 113 Å². The zero-order chi connectivity index (χ0) is 25.1. The van der Waals surface area contributed by atoms with E-state index >= 15 is 0 Å². The van der Waals surface area contributed by atoms with Crippen molar-refractivity contribution in [2.45, 2.75) is 17.5 Å². The number of benzene rings is 3. The van der Waals surface area contributed by atoms with Crippen LogP contribution in [0.25, 0.3) is 11.1 Å². The Bertz CT molecular complexity index is 1440. The number of fused-ring (bicyclic) bond motifs is 3. The molecule has 0 aliphatic heterocycles. The third-order valence-corrected chi connectivity index (χ3v) is 7.93. The zero-order valence-corrected chi connectivity index (χ0v) is 20.7. The summed E-state index contributed by atoms with van der Waals surface area (Å²) in [6, 6.07) is 25.0. The summed E-state index contributed by atoms with van der Waals surface area (Å²) in [5, 5.41) is 15.5. The van der Waals surface area contributed by atoms with Gasteiger partial charge in [0.1, 0.15) is 24.2 Å². The fourth-order valence-electron chi connectivity index (χ4n) is 4.15. The fourth-order valence-corrected chi connectivity index (χ4v) is 5.72. The van der Waals surface area contributed by atoms with Crippen LogP contribution in [0.3, 0.4) is 0 Å². The van der Waals surface area contributed by atoms with Crippen molar-refractivity contribution >= 4 is 27.3 Å². The lowest BCUT2D eigenvalue weighted by molar-refractivity contribution is 0.0296. The third-order valence-electron chi connectivity index (χ3n) is 5.86. The molecule has 184 valence electrons. The minimum absolute atomic E-state index is 0.0513. The van der Waals surface area contributed by atoms with Crippen molar-refractivity contribution in [2.24, 2.45) is 5.16 Å². The molecule has 36 heavy (non-hydrogen) atoms. The number of aliphatic hydroxyl groups excluding tert-OH is 1. The number of nitrogens with zero attached hydrogens (tertiary/aromatic N) is 2. The molecule has 1 aliphatic carbocycles. The molecule has 0 unspecified atom stereocenters. The fraction of sp³-hybridized carbons (Fsp3) is 0.148. The van der Waals surface area contributed by atoms with E-state index in [2.05, 4.69) is 5.16 Å². The van der Waals surface area contributed by atoms with Crippen LogP contribution >= 0.6 is 11.6 Å². The molecule has 0 saturated heterocycles. The second-order valence-electron chi connectivity index (χ2n) is 8.31. The number of sulfonamides is 1. The Morgan fingerprint density at radius 3 is 2.08 bits per heavy atom. The first-order valence-electron chi connectivity index (χ1n) is 11.3. The van der Waals surface area contributed by atoms with Crippen LogP contribution in [0.4, 0.5) is 0 Å². The van der Waals surface area contributed by atoms with Crippen LogP contribution in [0.5, 0.6) is 0 Å². The number of oxime groups is 1. The molecule has 0 radical (unpaired) electrons. The molecular formula is C27H23ClN2O5S. The summed E-state index contributed by atoms with van der Waals surface area (Å²) < 4.78 is 33.1. The Labute approximate surface area is 214 Å². The van der Waals surface area contributed by atoms with Crippen LogP contribution in [0, 0.1) is 0 Å². The summed E-state index contributed by atoms with van der Waals surface area (Å²) in [4.78, 5) is 5.60. The van der Waals surface area contributed by atoms with Crippen molar-refractivity contribution in [3.63, 3.8) is 0 Å². The number of furan rings is 1. The Kier molecular flexibility index (Phi) is 6.93. The van der Waals surface area contributed by atoms with Gasteiger partial charge < -0.3 is 14.4 Å². The Morgan fingerprint density at radius 1 is 0.889 bits per heavy atom. The van der Waals surface area contributed by atoms with Crippen LogP contribution < -0.4 is 0 Å². The molecular weight excluding hydrogens is 500 g/mol. The highest BCUT2D eigenvalue weighted by Gasteiger charge is 2.29. The van der Waals surface area contributed by atoms with Gasteiger partial charge in [0.05, 0.1) is 17.7 Å². The summed E-state index contributed by atoms with van der Waals surface area (Å²) in [6.07, 6.45) is 0.327. The number of hydrogen-bond donors (Lipinski definition) is 1. The number of halogens is 1. The third kappa shape index (κ3) is 4.94. The molecule has 0 amide bonds. The lowest BCUT2D eigenvalue weighted by atomic mass is 10.1. The van der Waals surface area contributed by atoms with E-state index in [1.54, 1.807) is 12.1 Å². The van der Waals surface area contributed by atoms with E-state index in [4.69, 9.17) is 20.9 Å². The van der Waals surface area contributed by atoms with E-state index < -0.39 is 16.1 Å². The number of rotatable bonds is 9. The van der Waals surface area contributed by atoms with E-state index in [1.165, 1.54) is 30.5 Å². The van der Waals surface area contributed by atoms with Crippen molar-refractivity contribution in [1.82, 2.24) is 4.31 Å². The monoisotopic (exact) mass is 522 g/mol. The highest BCUT2D eigenvalue weighted by Crippen LogP contribution is 2.36. The first-order valence-corrected chi connectivity index (χ1v) is 13.1. The average Bonchev–Trinajstić information content (AvgIpc) is 3.51. The Morgan fingerprint density at radius 2 is 1.50 bits per heavy atom. The maximum Gasteiger partial charge on any atom is 0.243 e. The molecule has 1 aliphatic rings. The van der Waals surface area contributed by atoms with Crippen LogP contribution in [0.1, 0.15) is 16.9 Å². The lowest BCUT2D eigenvalue weighted by Crippen LogP contribution is -2.38. The van der Waals surface area contributed by atoms with Gasteiger partial charge in [0, 0.05) is 22.7 Å². The van der Waals surface area contributed by atoms with Crippen molar-refractivity contribution in [2.75, 3.05) is 13.2 Å². The van der Waals surface area contributed by atoms with Gasteiger partial charge in [-0.3, -0.25) is 0 Å². The van der Waals surface area contributed by atoms with Crippen LogP contribution in [0.2, 0.25) is 5.02 Å². The molecule has 0 fully saturated rings. The van der Waals surface area contributed by atoms with Gasteiger partial charge in [0.15, 0.2) is 0 Å². The molecule has 1 heterocycles. The predicted molar refractivity (Wildman–Crippen MR) is 137 cm³/mol. The van der Waals surface area contributed by atoms with E-state index in [-0.39, 0.29) is 24.6 Å². The second-order valence-corrected chi connectivity index (χ2v) is 10.7. The van der Waals surface area contributed by atoms with Crippen LogP contribution in [0.15, 0.2) is 106 Å². The summed E-state index contributed by atoms with van der Waals surface area (Å²) in [5.74, 6) is 0.445.